The lowest BCUT2D eigenvalue weighted by atomic mass is 9.92. The van der Waals surface area contributed by atoms with E-state index < -0.39 is 0 Å². The Hall–Kier alpha value is -8.34. The van der Waals surface area contributed by atoms with Crippen LogP contribution >= 0.6 is 0 Å². The molecule has 0 atom stereocenters. The quantitative estimate of drug-likeness (QED) is 0.144. The molecule has 0 radical (unpaired) electrons. The molecular formula is C58H38N4. The predicted molar refractivity (Wildman–Crippen MR) is 256 cm³/mol. The van der Waals surface area contributed by atoms with E-state index in [2.05, 4.69) is 212 Å². The smallest absolute Gasteiger partial charge is 0.164 e. The average molecular weight is 791 g/mol. The first-order valence-corrected chi connectivity index (χ1v) is 20.9. The Morgan fingerprint density at radius 1 is 0.242 bits per heavy atom. The summed E-state index contributed by atoms with van der Waals surface area (Å²) in [7, 11) is 0. The summed E-state index contributed by atoms with van der Waals surface area (Å²) in [5.41, 5.74) is 14.9. The molecule has 0 saturated carbocycles. The summed E-state index contributed by atoms with van der Waals surface area (Å²) in [5, 5.41) is 3.54. The Morgan fingerprint density at radius 3 is 1.18 bits per heavy atom. The maximum absolute atomic E-state index is 5.17. The third-order valence-electron chi connectivity index (χ3n) is 11.6. The Morgan fingerprint density at radius 2 is 0.645 bits per heavy atom. The molecule has 0 spiro atoms. The standard InChI is InChI=1S/C58H38N4/c1-4-13-39(14-5-1)41-23-29-46(30-24-41)56-60-57(47-31-25-42(26-32-47)40-15-6-2-7-16-40)62-58(61-56)48-33-27-43(28-34-48)49-20-12-21-50(37-49)52-38-54(45-18-8-3-9-19-45)59-53-36-35-44-17-10-11-22-51(44)55(52)53/h1-38H. The highest BCUT2D eigenvalue weighted by Crippen LogP contribution is 2.38. The molecule has 0 N–H and O–H groups in total. The number of pyridine rings is 1. The second-order valence-corrected chi connectivity index (χ2v) is 15.5. The van der Waals surface area contributed by atoms with Gasteiger partial charge < -0.3 is 0 Å². The van der Waals surface area contributed by atoms with Crippen molar-refractivity contribution in [3.8, 4) is 89.9 Å². The molecule has 9 aromatic carbocycles. The zero-order chi connectivity index (χ0) is 41.2. The first kappa shape index (κ1) is 36.7. The van der Waals surface area contributed by atoms with E-state index in [0.717, 1.165) is 72.2 Å². The maximum Gasteiger partial charge on any atom is 0.164 e. The summed E-state index contributed by atoms with van der Waals surface area (Å²) in [6.45, 7) is 0. The van der Waals surface area contributed by atoms with Crippen molar-refractivity contribution in [2.45, 2.75) is 0 Å². The molecule has 2 aromatic heterocycles. The molecule has 2 heterocycles. The molecule has 290 valence electrons. The van der Waals surface area contributed by atoms with Gasteiger partial charge in [0.1, 0.15) is 0 Å². The van der Waals surface area contributed by atoms with Crippen LogP contribution in [0.3, 0.4) is 0 Å². The first-order valence-electron chi connectivity index (χ1n) is 20.9. The van der Waals surface area contributed by atoms with Crippen molar-refractivity contribution in [3.05, 3.63) is 231 Å². The Balaban J connectivity index is 0.974. The van der Waals surface area contributed by atoms with E-state index in [1.165, 1.54) is 21.9 Å². The van der Waals surface area contributed by atoms with Crippen LogP contribution in [0.15, 0.2) is 231 Å². The number of benzene rings is 9. The largest absolute Gasteiger partial charge is 0.248 e. The van der Waals surface area contributed by atoms with E-state index in [-0.39, 0.29) is 0 Å². The maximum atomic E-state index is 5.17. The molecular weight excluding hydrogens is 753 g/mol. The Kier molecular flexibility index (Phi) is 9.49. The zero-order valence-electron chi connectivity index (χ0n) is 33.7. The van der Waals surface area contributed by atoms with Gasteiger partial charge >= 0.3 is 0 Å². The van der Waals surface area contributed by atoms with Crippen LogP contribution in [0.5, 0.6) is 0 Å². The van der Waals surface area contributed by atoms with Gasteiger partial charge in [0.25, 0.3) is 0 Å². The van der Waals surface area contributed by atoms with Crippen LogP contribution in [-0.2, 0) is 0 Å². The minimum atomic E-state index is 0.619. The highest BCUT2D eigenvalue weighted by molar-refractivity contribution is 6.14. The monoisotopic (exact) mass is 790 g/mol. The van der Waals surface area contributed by atoms with Crippen molar-refractivity contribution in [1.82, 2.24) is 19.9 Å². The molecule has 11 aromatic rings. The number of fused-ring (bicyclic) bond motifs is 3. The molecule has 4 nitrogen and oxygen atoms in total. The highest BCUT2D eigenvalue weighted by atomic mass is 15.0. The summed E-state index contributed by atoms with van der Waals surface area (Å²) in [5.74, 6) is 1.87. The normalized spacial score (nSPS) is 11.2. The first-order chi connectivity index (χ1) is 30.7. The van der Waals surface area contributed by atoms with Crippen LogP contribution in [-0.4, -0.2) is 19.9 Å². The molecule has 0 fully saturated rings. The van der Waals surface area contributed by atoms with Crippen LogP contribution in [0.1, 0.15) is 0 Å². The number of nitrogens with zero attached hydrogens (tertiary/aromatic N) is 4. The predicted octanol–water partition coefficient (Wildman–Crippen LogP) is 14.9. The second-order valence-electron chi connectivity index (χ2n) is 15.5. The molecule has 0 aliphatic heterocycles. The Labute approximate surface area is 360 Å². The topological polar surface area (TPSA) is 51.6 Å². The third kappa shape index (κ3) is 7.20. The van der Waals surface area contributed by atoms with Gasteiger partial charge in [0.2, 0.25) is 0 Å². The molecule has 4 heteroatoms. The molecule has 0 aliphatic rings. The van der Waals surface area contributed by atoms with Gasteiger partial charge in [0, 0.05) is 27.6 Å². The molecule has 0 aliphatic carbocycles. The minimum absolute atomic E-state index is 0.619. The zero-order valence-corrected chi connectivity index (χ0v) is 33.7. The van der Waals surface area contributed by atoms with Gasteiger partial charge in [-0.15, -0.1) is 0 Å². The van der Waals surface area contributed by atoms with E-state index >= 15 is 0 Å². The van der Waals surface area contributed by atoms with E-state index in [1.54, 1.807) is 0 Å². The molecule has 0 unspecified atom stereocenters. The van der Waals surface area contributed by atoms with Gasteiger partial charge in [-0.05, 0) is 73.5 Å². The van der Waals surface area contributed by atoms with E-state index in [1.807, 2.05) is 18.2 Å². The number of hydrogen-bond donors (Lipinski definition) is 0. The van der Waals surface area contributed by atoms with Crippen LogP contribution in [0, 0.1) is 0 Å². The van der Waals surface area contributed by atoms with Gasteiger partial charge in [-0.25, -0.2) is 19.9 Å². The fourth-order valence-electron chi connectivity index (χ4n) is 8.32. The second kappa shape index (κ2) is 16.0. The molecule has 11 rings (SSSR count). The number of hydrogen-bond acceptors (Lipinski definition) is 4. The molecule has 0 bridgehead atoms. The van der Waals surface area contributed by atoms with Gasteiger partial charge in [0.05, 0.1) is 11.2 Å². The van der Waals surface area contributed by atoms with Crippen molar-refractivity contribution in [2.24, 2.45) is 0 Å². The molecule has 0 amide bonds. The van der Waals surface area contributed by atoms with E-state index in [4.69, 9.17) is 19.9 Å². The number of aromatic nitrogens is 4. The summed E-state index contributed by atoms with van der Waals surface area (Å²) >= 11 is 0. The summed E-state index contributed by atoms with van der Waals surface area (Å²) in [6.07, 6.45) is 0. The van der Waals surface area contributed by atoms with Crippen LogP contribution < -0.4 is 0 Å². The van der Waals surface area contributed by atoms with Gasteiger partial charge in [0.15, 0.2) is 17.5 Å². The van der Waals surface area contributed by atoms with Crippen LogP contribution in [0.25, 0.3) is 112 Å². The van der Waals surface area contributed by atoms with Crippen LogP contribution in [0.4, 0.5) is 0 Å². The van der Waals surface area contributed by atoms with Gasteiger partial charge in [-0.3, -0.25) is 0 Å². The third-order valence-corrected chi connectivity index (χ3v) is 11.6. The average Bonchev–Trinajstić information content (AvgIpc) is 3.37. The molecule has 0 saturated heterocycles. The van der Waals surface area contributed by atoms with Gasteiger partial charge in [-0.1, -0.05) is 212 Å². The SMILES string of the molecule is c1ccc(-c2ccc(-c3nc(-c4ccc(-c5ccccc5)cc4)nc(-c4ccc(-c5cccc(-c6cc(-c7ccccc7)nc7ccc8ccccc8c67)c5)cc4)n3)cc2)cc1. The highest BCUT2D eigenvalue weighted by Gasteiger charge is 2.16. The lowest BCUT2D eigenvalue weighted by Gasteiger charge is -2.14. The van der Waals surface area contributed by atoms with Crippen molar-refractivity contribution in [1.29, 1.82) is 0 Å². The van der Waals surface area contributed by atoms with Crippen molar-refractivity contribution >= 4 is 21.7 Å². The molecule has 62 heavy (non-hydrogen) atoms. The van der Waals surface area contributed by atoms with Crippen molar-refractivity contribution in [3.63, 3.8) is 0 Å². The van der Waals surface area contributed by atoms with E-state index in [0.29, 0.717) is 17.5 Å². The van der Waals surface area contributed by atoms with Crippen molar-refractivity contribution in [2.75, 3.05) is 0 Å². The minimum Gasteiger partial charge on any atom is -0.248 e. The number of rotatable bonds is 8. The summed E-state index contributed by atoms with van der Waals surface area (Å²) in [4.78, 5) is 20.4. The fraction of sp³-hybridized carbons (Fsp3) is 0. The van der Waals surface area contributed by atoms with E-state index in [9.17, 15) is 0 Å². The summed E-state index contributed by atoms with van der Waals surface area (Å²) < 4.78 is 0. The van der Waals surface area contributed by atoms with Gasteiger partial charge in [-0.2, -0.15) is 0 Å². The van der Waals surface area contributed by atoms with Crippen molar-refractivity contribution < 1.29 is 0 Å². The lowest BCUT2D eigenvalue weighted by molar-refractivity contribution is 1.07. The Bertz CT molecular complexity index is 3250. The fourth-order valence-corrected chi connectivity index (χ4v) is 8.32. The lowest BCUT2D eigenvalue weighted by Crippen LogP contribution is -2.00. The van der Waals surface area contributed by atoms with Crippen LogP contribution in [0.2, 0.25) is 0 Å². The summed E-state index contributed by atoms with van der Waals surface area (Å²) in [6, 6.07) is 80.6.